The van der Waals surface area contributed by atoms with Crippen molar-refractivity contribution in [1.29, 1.82) is 0 Å². The van der Waals surface area contributed by atoms with Crippen molar-refractivity contribution in [2.75, 3.05) is 16.0 Å². The van der Waals surface area contributed by atoms with Crippen LogP contribution >= 0.6 is 0 Å². The van der Waals surface area contributed by atoms with Gasteiger partial charge in [-0.15, -0.1) is 0 Å². The quantitative estimate of drug-likeness (QED) is 0.603. The van der Waals surface area contributed by atoms with Crippen molar-refractivity contribution in [3.05, 3.63) is 54.1 Å². The number of anilines is 3. The summed E-state index contributed by atoms with van der Waals surface area (Å²) in [5.41, 5.74) is 7.67. The van der Waals surface area contributed by atoms with E-state index in [1.54, 1.807) is 43.3 Å². The zero-order valence-corrected chi connectivity index (χ0v) is 15.0. The van der Waals surface area contributed by atoms with Crippen LogP contribution in [-0.2, 0) is 9.59 Å². The maximum absolute atomic E-state index is 12.3. The number of nitrogens with two attached hydrogens (primary N) is 1. The number of carbonyl (C=O) groups is 3. The molecule has 0 aromatic heterocycles. The molecule has 5 N–H and O–H groups in total. The van der Waals surface area contributed by atoms with Gasteiger partial charge in [0.2, 0.25) is 17.7 Å². The number of hydrogen-bond acceptors (Lipinski definition) is 4. The minimum Gasteiger partial charge on any atom is -0.374 e. The molecule has 1 atom stereocenters. The fourth-order valence-corrected chi connectivity index (χ4v) is 2.52. The molecular formula is C20H22N4O3. The van der Waals surface area contributed by atoms with Crippen LogP contribution in [0.5, 0.6) is 0 Å². The van der Waals surface area contributed by atoms with E-state index in [0.29, 0.717) is 11.3 Å². The largest absolute Gasteiger partial charge is 0.374 e. The molecule has 0 bridgehead atoms. The van der Waals surface area contributed by atoms with Crippen LogP contribution in [0.3, 0.4) is 0 Å². The maximum atomic E-state index is 12.3. The predicted octanol–water partition coefficient (Wildman–Crippen LogP) is 2.57. The first kappa shape index (κ1) is 18.4. The van der Waals surface area contributed by atoms with Crippen molar-refractivity contribution in [3.63, 3.8) is 0 Å². The Hall–Kier alpha value is -3.35. The van der Waals surface area contributed by atoms with Crippen molar-refractivity contribution < 1.29 is 14.4 Å². The molecule has 0 aliphatic heterocycles. The fourth-order valence-electron chi connectivity index (χ4n) is 2.52. The van der Waals surface area contributed by atoms with E-state index in [-0.39, 0.29) is 17.7 Å². The zero-order chi connectivity index (χ0) is 19.4. The van der Waals surface area contributed by atoms with Crippen molar-refractivity contribution in [1.82, 2.24) is 0 Å². The summed E-state index contributed by atoms with van der Waals surface area (Å²) in [6, 6.07) is 13.1. The second-order valence-electron chi connectivity index (χ2n) is 6.64. The Morgan fingerprint density at radius 2 is 1.41 bits per heavy atom. The topological polar surface area (TPSA) is 113 Å². The lowest BCUT2D eigenvalue weighted by Crippen LogP contribution is -2.31. The lowest BCUT2D eigenvalue weighted by Gasteiger charge is -2.16. The minimum absolute atomic E-state index is 0.0609. The van der Waals surface area contributed by atoms with Gasteiger partial charge in [0, 0.05) is 28.5 Å². The third-order valence-corrected chi connectivity index (χ3v) is 4.31. The van der Waals surface area contributed by atoms with E-state index in [0.717, 1.165) is 24.2 Å². The van der Waals surface area contributed by atoms with Gasteiger partial charge in [-0.1, -0.05) is 0 Å². The monoisotopic (exact) mass is 366 g/mol. The van der Waals surface area contributed by atoms with Crippen molar-refractivity contribution in [2.24, 2.45) is 11.7 Å². The molecule has 0 heterocycles. The highest BCUT2D eigenvalue weighted by Gasteiger charge is 2.29. The Morgan fingerprint density at radius 1 is 0.889 bits per heavy atom. The number of amides is 3. The highest BCUT2D eigenvalue weighted by atomic mass is 16.2. The summed E-state index contributed by atoms with van der Waals surface area (Å²) in [7, 11) is 0. The summed E-state index contributed by atoms with van der Waals surface area (Å²) in [6.07, 6.45) is 1.92. The highest BCUT2D eigenvalue weighted by molar-refractivity contribution is 5.98. The van der Waals surface area contributed by atoms with Gasteiger partial charge in [0.15, 0.2) is 0 Å². The van der Waals surface area contributed by atoms with E-state index in [4.69, 9.17) is 5.73 Å². The molecule has 1 saturated carbocycles. The molecule has 2 aromatic rings. The Kier molecular flexibility index (Phi) is 5.40. The summed E-state index contributed by atoms with van der Waals surface area (Å²) >= 11 is 0. The van der Waals surface area contributed by atoms with E-state index in [1.807, 2.05) is 12.1 Å². The first-order chi connectivity index (χ1) is 12.9. The average Bonchev–Trinajstić information content (AvgIpc) is 3.49. The highest BCUT2D eigenvalue weighted by Crippen LogP contribution is 2.30. The smallest absolute Gasteiger partial charge is 0.248 e. The summed E-state index contributed by atoms with van der Waals surface area (Å²) in [4.78, 5) is 35.1. The fraction of sp³-hybridized carbons (Fsp3) is 0.250. The summed E-state index contributed by atoms with van der Waals surface area (Å²) in [5, 5.41) is 8.76. The van der Waals surface area contributed by atoms with Crippen LogP contribution in [0, 0.1) is 5.92 Å². The lowest BCUT2D eigenvalue weighted by molar-refractivity contribution is -0.117. The van der Waals surface area contributed by atoms with Crippen LogP contribution in [0.4, 0.5) is 17.1 Å². The number of primary amides is 1. The SMILES string of the molecule is CC(Nc1ccc(NC(=O)C2CC2)cc1)C(=O)Nc1ccc(C(N)=O)cc1. The Morgan fingerprint density at radius 3 is 1.96 bits per heavy atom. The van der Waals surface area contributed by atoms with Gasteiger partial charge in [0.25, 0.3) is 0 Å². The normalized spacial score (nSPS) is 14.1. The van der Waals surface area contributed by atoms with Crippen LogP contribution in [0.25, 0.3) is 0 Å². The zero-order valence-electron chi connectivity index (χ0n) is 15.0. The molecule has 3 amide bonds. The molecular weight excluding hydrogens is 344 g/mol. The predicted molar refractivity (Wildman–Crippen MR) is 104 cm³/mol. The van der Waals surface area contributed by atoms with Crippen LogP contribution in [0.2, 0.25) is 0 Å². The van der Waals surface area contributed by atoms with E-state index < -0.39 is 11.9 Å². The van der Waals surface area contributed by atoms with E-state index in [1.165, 1.54) is 0 Å². The molecule has 0 saturated heterocycles. The van der Waals surface area contributed by atoms with Crippen molar-refractivity contribution in [2.45, 2.75) is 25.8 Å². The first-order valence-corrected chi connectivity index (χ1v) is 8.80. The molecule has 1 unspecified atom stereocenters. The summed E-state index contributed by atoms with van der Waals surface area (Å²) in [6.45, 7) is 1.75. The summed E-state index contributed by atoms with van der Waals surface area (Å²) < 4.78 is 0. The summed E-state index contributed by atoms with van der Waals surface area (Å²) in [5.74, 6) is -0.512. The molecule has 1 aliphatic carbocycles. The average molecular weight is 366 g/mol. The van der Waals surface area contributed by atoms with Gasteiger partial charge in [0.05, 0.1) is 0 Å². The number of benzene rings is 2. The standard InChI is InChI=1S/C20H22N4O3/c1-12(19(26)23-16-6-4-13(5-7-16)18(21)25)22-15-8-10-17(11-9-15)24-20(27)14-2-3-14/h4-12,14,22H,2-3H2,1H3,(H2,21,25)(H,23,26)(H,24,27). The Bertz CT molecular complexity index is 843. The van der Waals surface area contributed by atoms with Crippen molar-refractivity contribution in [3.8, 4) is 0 Å². The molecule has 3 rings (SSSR count). The molecule has 0 radical (unpaired) electrons. The van der Waals surface area contributed by atoms with Gasteiger partial charge in [-0.3, -0.25) is 14.4 Å². The molecule has 140 valence electrons. The van der Waals surface area contributed by atoms with E-state index >= 15 is 0 Å². The molecule has 0 spiro atoms. The maximum Gasteiger partial charge on any atom is 0.248 e. The van der Waals surface area contributed by atoms with Crippen LogP contribution in [0.1, 0.15) is 30.1 Å². The lowest BCUT2D eigenvalue weighted by atomic mass is 10.2. The third-order valence-electron chi connectivity index (χ3n) is 4.31. The van der Waals surface area contributed by atoms with Crippen molar-refractivity contribution >= 4 is 34.8 Å². The number of hydrogen-bond donors (Lipinski definition) is 4. The van der Waals surface area contributed by atoms with Gasteiger partial charge >= 0.3 is 0 Å². The van der Waals surface area contributed by atoms with Gasteiger partial charge < -0.3 is 21.7 Å². The van der Waals surface area contributed by atoms with Gasteiger partial charge in [0.1, 0.15) is 6.04 Å². The molecule has 1 aliphatic rings. The molecule has 1 fully saturated rings. The second kappa shape index (κ2) is 7.90. The molecule has 7 heteroatoms. The number of carbonyl (C=O) groups excluding carboxylic acids is 3. The molecule has 27 heavy (non-hydrogen) atoms. The van der Waals surface area contributed by atoms with Gasteiger partial charge in [-0.25, -0.2) is 0 Å². The molecule has 2 aromatic carbocycles. The van der Waals surface area contributed by atoms with Gasteiger partial charge in [-0.2, -0.15) is 0 Å². The third kappa shape index (κ3) is 5.07. The van der Waals surface area contributed by atoms with E-state index in [2.05, 4.69) is 16.0 Å². The van der Waals surface area contributed by atoms with Crippen LogP contribution in [0.15, 0.2) is 48.5 Å². The Balaban J connectivity index is 1.52. The number of nitrogens with one attached hydrogen (secondary N) is 3. The molecule has 7 nitrogen and oxygen atoms in total. The van der Waals surface area contributed by atoms with E-state index in [9.17, 15) is 14.4 Å². The first-order valence-electron chi connectivity index (χ1n) is 8.80. The van der Waals surface area contributed by atoms with Crippen LogP contribution in [-0.4, -0.2) is 23.8 Å². The Labute approximate surface area is 157 Å². The number of rotatable bonds is 7. The van der Waals surface area contributed by atoms with Crippen LogP contribution < -0.4 is 21.7 Å². The second-order valence-corrected chi connectivity index (χ2v) is 6.64. The van der Waals surface area contributed by atoms with Gasteiger partial charge in [-0.05, 0) is 68.3 Å². The minimum atomic E-state index is -0.514.